The van der Waals surface area contributed by atoms with Gasteiger partial charge in [0.2, 0.25) is 0 Å². The van der Waals surface area contributed by atoms with Gasteiger partial charge in [-0.2, -0.15) is 10.4 Å². The lowest BCUT2D eigenvalue weighted by Crippen LogP contribution is -2.31. The standard InChI is InChI=1S/C22H16FN7O4/c1-28-19(11(5-24)6-26-28)13-4-17-21(30-10-25-27-20(13)30)29(22(31)32)7-14-15(23)2-3-16-18(14)12(8-33-16)9-34-17/h2-4,6,10,12H,7-9H2,1H3,(H,31,32)/t12-/m0/s1. The molecule has 12 heteroatoms. The molecule has 2 aliphatic heterocycles. The highest BCUT2D eigenvalue weighted by molar-refractivity contribution is 5.91. The third-order valence-electron chi connectivity index (χ3n) is 6.18. The lowest BCUT2D eigenvalue weighted by Gasteiger charge is -2.24. The van der Waals surface area contributed by atoms with Gasteiger partial charge in [0.25, 0.3) is 0 Å². The van der Waals surface area contributed by atoms with Crippen LogP contribution < -0.4 is 14.4 Å². The van der Waals surface area contributed by atoms with Gasteiger partial charge in [0, 0.05) is 18.2 Å². The van der Waals surface area contributed by atoms with Crippen molar-refractivity contribution in [3.63, 3.8) is 0 Å². The number of hydrogen-bond acceptors (Lipinski definition) is 7. The first kappa shape index (κ1) is 20.0. The number of carboxylic acid groups (broad SMARTS) is 1. The number of carbonyl (C=O) groups is 1. The average molecular weight is 461 g/mol. The lowest BCUT2D eigenvalue weighted by molar-refractivity contribution is 0.200. The maximum absolute atomic E-state index is 15.0. The molecule has 3 aromatic heterocycles. The Morgan fingerprint density at radius 3 is 2.85 bits per heavy atom. The number of hydrogen-bond donors (Lipinski definition) is 1. The summed E-state index contributed by atoms with van der Waals surface area (Å²) >= 11 is 0. The van der Waals surface area contributed by atoms with E-state index in [0.29, 0.717) is 33.8 Å². The van der Waals surface area contributed by atoms with Crippen LogP contribution in [-0.2, 0) is 13.6 Å². The van der Waals surface area contributed by atoms with Crippen LogP contribution in [0.15, 0.2) is 30.7 Å². The minimum absolute atomic E-state index is 0.132. The van der Waals surface area contributed by atoms with E-state index in [4.69, 9.17) is 9.47 Å². The minimum Gasteiger partial charge on any atom is -0.493 e. The predicted molar refractivity (Wildman–Crippen MR) is 114 cm³/mol. The van der Waals surface area contributed by atoms with E-state index in [1.54, 1.807) is 19.2 Å². The molecule has 0 saturated carbocycles. The molecule has 0 bridgehead atoms. The smallest absolute Gasteiger partial charge is 0.413 e. The van der Waals surface area contributed by atoms with Crippen molar-refractivity contribution in [3.8, 4) is 28.8 Å². The van der Waals surface area contributed by atoms with Crippen LogP contribution in [0.25, 0.3) is 16.9 Å². The number of fused-ring (bicyclic) bond motifs is 3. The lowest BCUT2D eigenvalue weighted by atomic mass is 9.95. The third kappa shape index (κ3) is 2.73. The van der Waals surface area contributed by atoms with E-state index in [1.807, 2.05) is 0 Å². The molecule has 6 rings (SSSR count). The van der Waals surface area contributed by atoms with Crippen molar-refractivity contribution < 1.29 is 23.8 Å². The zero-order chi connectivity index (χ0) is 23.6. The summed E-state index contributed by atoms with van der Waals surface area (Å²) in [5, 5.41) is 32.0. The summed E-state index contributed by atoms with van der Waals surface area (Å²) < 4.78 is 29.8. The van der Waals surface area contributed by atoms with Gasteiger partial charge >= 0.3 is 6.09 Å². The summed E-state index contributed by atoms with van der Waals surface area (Å²) in [6.45, 7) is 0.159. The summed E-state index contributed by atoms with van der Waals surface area (Å²) in [5.74, 6) is 0.0686. The number of anilines is 1. The molecule has 0 fully saturated rings. The Kier molecular flexibility index (Phi) is 4.22. The molecule has 1 amide bonds. The van der Waals surface area contributed by atoms with Gasteiger partial charge in [-0.3, -0.25) is 14.0 Å². The van der Waals surface area contributed by atoms with Crippen molar-refractivity contribution in [2.24, 2.45) is 7.05 Å². The highest BCUT2D eigenvalue weighted by Crippen LogP contribution is 2.43. The van der Waals surface area contributed by atoms with Crippen LogP contribution in [-0.4, -0.2) is 48.8 Å². The topological polar surface area (TPSA) is 131 Å². The van der Waals surface area contributed by atoms with Crippen LogP contribution in [0.1, 0.15) is 22.6 Å². The van der Waals surface area contributed by atoms with E-state index in [2.05, 4.69) is 21.4 Å². The van der Waals surface area contributed by atoms with Gasteiger partial charge in [-0.1, -0.05) is 0 Å². The number of ether oxygens (including phenoxy) is 2. The van der Waals surface area contributed by atoms with Crippen LogP contribution in [0.4, 0.5) is 15.0 Å². The number of nitriles is 1. The van der Waals surface area contributed by atoms with E-state index in [1.165, 1.54) is 27.7 Å². The summed E-state index contributed by atoms with van der Waals surface area (Å²) in [4.78, 5) is 13.4. The van der Waals surface area contributed by atoms with E-state index in [-0.39, 0.29) is 42.8 Å². The number of benzene rings is 1. The second kappa shape index (κ2) is 7.17. The highest BCUT2D eigenvalue weighted by atomic mass is 19.1. The maximum atomic E-state index is 15.0. The van der Waals surface area contributed by atoms with Gasteiger partial charge < -0.3 is 14.6 Å². The van der Waals surface area contributed by atoms with Gasteiger partial charge in [-0.05, 0) is 18.2 Å². The fourth-order valence-corrected chi connectivity index (χ4v) is 4.67. The van der Waals surface area contributed by atoms with E-state index in [0.717, 1.165) is 4.90 Å². The Balaban J connectivity index is 1.63. The van der Waals surface area contributed by atoms with Gasteiger partial charge in [0.1, 0.15) is 24.0 Å². The molecule has 11 nitrogen and oxygen atoms in total. The quantitative estimate of drug-likeness (QED) is 0.458. The molecule has 1 N–H and O–H groups in total. The molecule has 0 spiro atoms. The number of rotatable bonds is 1. The van der Waals surface area contributed by atoms with E-state index in [9.17, 15) is 19.6 Å². The summed E-state index contributed by atoms with van der Waals surface area (Å²) in [7, 11) is 1.69. The molecule has 34 heavy (non-hydrogen) atoms. The Bertz CT molecular complexity index is 1540. The van der Waals surface area contributed by atoms with Gasteiger partial charge in [-0.25, -0.2) is 9.18 Å². The molecule has 0 radical (unpaired) electrons. The molecule has 170 valence electrons. The van der Waals surface area contributed by atoms with Crippen molar-refractivity contribution in [2.45, 2.75) is 12.5 Å². The second-order valence-electron chi connectivity index (χ2n) is 8.04. The zero-order valence-electron chi connectivity index (χ0n) is 17.8. The van der Waals surface area contributed by atoms with Crippen LogP contribution in [0.3, 0.4) is 0 Å². The van der Waals surface area contributed by atoms with Crippen molar-refractivity contribution in [3.05, 3.63) is 53.2 Å². The van der Waals surface area contributed by atoms with Crippen LogP contribution in [0, 0.1) is 17.1 Å². The molecule has 4 aromatic rings. The molecular weight excluding hydrogens is 445 g/mol. The number of amides is 1. The van der Waals surface area contributed by atoms with Crippen molar-refractivity contribution in [1.29, 1.82) is 5.26 Å². The Labute approximate surface area is 191 Å². The van der Waals surface area contributed by atoms with Crippen molar-refractivity contribution in [2.75, 3.05) is 18.1 Å². The fourth-order valence-electron chi connectivity index (χ4n) is 4.67. The largest absolute Gasteiger partial charge is 0.493 e. The van der Waals surface area contributed by atoms with Crippen molar-refractivity contribution >= 4 is 17.6 Å². The molecular formula is C22H16FN7O4. The van der Waals surface area contributed by atoms with Crippen molar-refractivity contribution in [1.82, 2.24) is 24.4 Å². The maximum Gasteiger partial charge on any atom is 0.413 e. The van der Waals surface area contributed by atoms with Gasteiger partial charge in [0.15, 0.2) is 17.2 Å². The predicted octanol–water partition coefficient (Wildman–Crippen LogP) is 2.69. The van der Waals surface area contributed by atoms with Crippen LogP contribution >= 0.6 is 0 Å². The highest BCUT2D eigenvalue weighted by Gasteiger charge is 2.35. The number of aryl methyl sites for hydroxylation is 1. The number of nitrogens with zero attached hydrogens (tertiary/aromatic N) is 7. The first-order valence-electron chi connectivity index (χ1n) is 10.3. The first-order chi connectivity index (χ1) is 16.5. The fraction of sp³-hybridized carbons (Fsp3) is 0.227. The number of pyridine rings is 1. The van der Waals surface area contributed by atoms with Crippen LogP contribution in [0.2, 0.25) is 0 Å². The normalized spacial score (nSPS) is 16.5. The molecule has 1 aromatic carbocycles. The van der Waals surface area contributed by atoms with E-state index < -0.39 is 11.9 Å². The van der Waals surface area contributed by atoms with Gasteiger partial charge in [-0.15, -0.1) is 10.2 Å². The zero-order valence-corrected chi connectivity index (χ0v) is 17.8. The first-order valence-corrected chi connectivity index (χ1v) is 10.3. The molecule has 0 saturated heterocycles. The Hall–Kier alpha value is -4.66. The van der Waals surface area contributed by atoms with E-state index >= 15 is 0 Å². The average Bonchev–Trinajstić information content (AvgIpc) is 3.55. The Morgan fingerprint density at radius 2 is 2.09 bits per heavy atom. The molecule has 5 heterocycles. The number of halogens is 1. The number of aromatic nitrogens is 5. The molecule has 0 unspecified atom stereocenters. The van der Waals surface area contributed by atoms with Crippen LogP contribution in [0.5, 0.6) is 11.5 Å². The SMILES string of the molecule is Cn1ncc(C#N)c1-c1cc2c(n3cnnc13)N(C(=O)O)Cc1c(F)ccc3c1[C@@H](CO3)CO2. The summed E-state index contributed by atoms with van der Waals surface area (Å²) in [5.41, 5.74) is 2.43. The summed E-state index contributed by atoms with van der Waals surface area (Å²) in [6, 6.07) is 6.55. The monoisotopic (exact) mass is 461 g/mol. The Morgan fingerprint density at radius 1 is 1.29 bits per heavy atom. The molecule has 2 aliphatic rings. The third-order valence-corrected chi connectivity index (χ3v) is 6.18. The van der Waals surface area contributed by atoms with Gasteiger partial charge in [0.05, 0.1) is 48.7 Å². The summed E-state index contributed by atoms with van der Waals surface area (Å²) in [6.07, 6.45) is 1.49. The molecule has 1 atom stereocenters. The molecule has 0 aliphatic carbocycles. The second-order valence-corrected chi connectivity index (χ2v) is 8.04. The minimum atomic E-state index is -1.31.